The molecule has 1 aliphatic heterocycles. The molecule has 2 fully saturated rings. The van der Waals surface area contributed by atoms with Crippen molar-refractivity contribution in [2.45, 2.75) is 30.9 Å². The van der Waals surface area contributed by atoms with Crippen LogP contribution in [0.25, 0.3) is 0 Å². The van der Waals surface area contributed by atoms with Gasteiger partial charge in [0.2, 0.25) is 0 Å². The Balaban J connectivity index is 2.16. The summed E-state index contributed by atoms with van der Waals surface area (Å²) >= 11 is 0. The van der Waals surface area contributed by atoms with Crippen molar-refractivity contribution in [2.75, 3.05) is 19.3 Å². The molecule has 0 aromatic rings. The van der Waals surface area contributed by atoms with E-state index in [1.54, 1.807) is 0 Å². The molecular weight excluding hydrogens is 186 g/mol. The maximum atomic E-state index is 11.5. The highest BCUT2D eigenvalue weighted by atomic mass is 32.2. The third-order valence-corrected chi connectivity index (χ3v) is 5.47. The van der Waals surface area contributed by atoms with Gasteiger partial charge in [0.25, 0.3) is 0 Å². The number of sulfone groups is 1. The Morgan fingerprint density at radius 2 is 1.85 bits per heavy atom. The molecule has 1 spiro atoms. The van der Waals surface area contributed by atoms with Gasteiger partial charge in [0.1, 0.15) is 0 Å². The van der Waals surface area contributed by atoms with Crippen molar-refractivity contribution in [1.82, 2.24) is 5.32 Å². The van der Waals surface area contributed by atoms with E-state index in [0.29, 0.717) is 0 Å². The highest BCUT2D eigenvalue weighted by molar-refractivity contribution is 7.91. The maximum Gasteiger partial charge on any atom is 0.150 e. The van der Waals surface area contributed by atoms with Crippen LogP contribution < -0.4 is 5.32 Å². The second-order valence-corrected chi connectivity index (χ2v) is 6.70. The van der Waals surface area contributed by atoms with Crippen molar-refractivity contribution in [3.63, 3.8) is 0 Å². The van der Waals surface area contributed by atoms with Gasteiger partial charge < -0.3 is 5.32 Å². The normalized spacial score (nSPS) is 32.8. The van der Waals surface area contributed by atoms with Gasteiger partial charge in [-0.3, -0.25) is 0 Å². The van der Waals surface area contributed by atoms with Crippen LogP contribution in [0.3, 0.4) is 0 Å². The number of rotatable bonds is 1. The summed E-state index contributed by atoms with van der Waals surface area (Å²) in [5.41, 5.74) is 0.152. The standard InChI is InChI=1S/C9H17NO2S/c1-13(11,12)8-2-3-9(8)4-6-10-7-5-9/h8,10H,2-7H2,1H3. The fourth-order valence-corrected chi connectivity index (χ4v) is 4.64. The second kappa shape index (κ2) is 2.95. The molecule has 1 aliphatic carbocycles. The fourth-order valence-electron chi connectivity index (χ4n) is 2.84. The van der Waals surface area contributed by atoms with E-state index in [4.69, 9.17) is 0 Å². The Kier molecular flexibility index (Phi) is 2.15. The third-order valence-electron chi connectivity index (χ3n) is 3.70. The Hall–Kier alpha value is -0.0900. The van der Waals surface area contributed by atoms with Gasteiger partial charge in [0.05, 0.1) is 5.25 Å². The van der Waals surface area contributed by atoms with Crippen molar-refractivity contribution >= 4 is 9.84 Å². The molecule has 1 saturated carbocycles. The highest BCUT2D eigenvalue weighted by Gasteiger charge is 2.51. The Morgan fingerprint density at radius 1 is 1.23 bits per heavy atom. The van der Waals surface area contributed by atoms with Gasteiger partial charge in [0, 0.05) is 6.26 Å². The molecule has 1 N–H and O–H groups in total. The van der Waals surface area contributed by atoms with Crippen LogP contribution in [0.2, 0.25) is 0 Å². The van der Waals surface area contributed by atoms with Gasteiger partial charge >= 0.3 is 0 Å². The lowest BCUT2D eigenvalue weighted by Gasteiger charge is -2.51. The average molecular weight is 203 g/mol. The lowest BCUT2D eigenvalue weighted by Crippen LogP contribution is -2.54. The molecule has 4 heteroatoms. The molecule has 2 aliphatic rings. The predicted octanol–water partition coefficient (Wildman–Crippen LogP) is 0.563. The van der Waals surface area contributed by atoms with Crippen molar-refractivity contribution in [1.29, 1.82) is 0 Å². The molecule has 0 aromatic heterocycles. The summed E-state index contributed by atoms with van der Waals surface area (Å²) in [7, 11) is -2.80. The Bertz CT molecular complexity index is 291. The number of nitrogens with one attached hydrogen (secondary N) is 1. The Labute approximate surface area is 79.8 Å². The first-order chi connectivity index (χ1) is 6.05. The molecule has 13 heavy (non-hydrogen) atoms. The van der Waals surface area contributed by atoms with Crippen LogP contribution in [0.4, 0.5) is 0 Å². The van der Waals surface area contributed by atoms with E-state index in [1.807, 2.05) is 0 Å². The molecule has 0 amide bonds. The van der Waals surface area contributed by atoms with Gasteiger partial charge in [-0.2, -0.15) is 0 Å². The number of piperidine rings is 1. The first-order valence-electron chi connectivity index (χ1n) is 4.94. The monoisotopic (exact) mass is 203 g/mol. The molecule has 3 nitrogen and oxygen atoms in total. The summed E-state index contributed by atoms with van der Waals surface area (Å²) < 4.78 is 22.9. The van der Waals surface area contributed by atoms with Gasteiger partial charge in [-0.05, 0) is 44.2 Å². The lowest BCUT2D eigenvalue weighted by molar-refractivity contribution is 0.0924. The van der Waals surface area contributed by atoms with Crippen LogP contribution >= 0.6 is 0 Å². The summed E-state index contributed by atoms with van der Waals surface area (Å²) in [5, 5.41) is 3.25. The second-order valence-electron chi connectivity index (χ2n) is 4.47. The maximum absolute atomic E-state index is 11.5. The Morgan fingerprint density at radius 3 is 2.23 bits per heavy atom. The van der Waals surface area contributed by atoms with Crippen molar-refractivity contribution in [2.24, 2.45) is 5.41 Å². The first kappa shape index (κ1) is 9.46. The van der Waals surface area contributed by atoms with E-state index >= 15 is 0 Å². The molecule has 1 unspecified atom stereocenters. The van der Waals surface area contributed by atoms with Crippen molar-refractivity contribution in [3.05, 3.63) is 0 Å². The molecule has 1 heterocycles. The molecule has 2 rings (SSSR count). The van der Waals surface area contributed by atoms with Crippen LogP contribution in [-0.2, 0) is 9.84 Å². The van der Waals surface area contributed by atoms with Crippen LogP contribution in [-0.4, -0.2) is 33.0 Å². The number of hydrogen-bond donors (Lipinski definition) is 1. The molecule has 1 atom stereocenters. The summed E-state index contributed by atoms with van der Waals surface area (Å²) in [5.74, 6) is 0. The molecule has 1 saturated heterocycles. The van der Waals surface area contributed by atoms with Crippen LogP contribution in [0.15, 0.2) is 0 Å². The predicted molar refractivity (Wildman–Crippen MR) is 52.4 cm³/mol. The van der Waals surface area contributed by atoms with Gasteiger partial charge in [0.15, 0.2) is 9.84 Å². The highest BCUT2D eigenvalue weighted by Crippen LogP contribution is 2.51. The largest absolute Gasteiger partial charge is 0.317 e. The smallest absolute Gasteiger partial charge is 0.150 e. The fraction of sp³-hybridized carbons (Fsp3) is 1.00. The van der Waals surface area contributed by atoms with E-state index in [1.165, 1.54) is 6.26 Å². The molecule has 0 bridgehead atoms. The third kappa shape index (κ3) is 1.50. The summed E-state index contributed by atoms with van der Waals surface area (Å²) in [4.78, 5) is 0. The summed E-state index contributed by atoms with van der Waals surface area (Å²) in [6, 6.07) is 0. The first-order valence-corrected chi connectivity index (χ1v) is 6.90. The zero-order valence-corrected chi connectivity index (χ0v) is 8.86. The minimum atomic E-state index is -2.80. The summed E-state index contributed by atoms with van der Waals surface area (Å²) in [6.07, 6.45) is 5.49. The summed E-state index contributed by atoms with van der Waals surface area (Å²) in [6.45, 7) is 1.98. The SMILES string of the molecule is CS(=O)(=O)C1CCC12CCNCC2. The minimum Gasteiger partial charge on any atom is -0.317 e. The van der Waals surface area contributed by atoms with E-state index in [2.05, 4.69) is 5.32 Å². The van der Waals surface area contributed by atoms with Crippen molar-refractivity contribution in [3.8, 4) is 0 Å². The van der Waals surface area contributed by atoms with Crippen LogP contribution in [0.5, 0.6) is 0 Å². The van der Waals surface area contributed by atoms with Gasteiger partial charge in [-0.1, -0.05) is 0 Å². The number of hydrogen-bond acceptors (Lipinski definition) is 3. The average Bonchev–Trinajstić information content (AvgIpc) is 2.01. The molecule has 0 aromatic carbocycles. The minimum absolute atomic E-state index is 0.0397. The van der Waals surface area contributed by atoms with E-state index in [-0.39, 0.29) is 10.7 Å². The van der Waals surface area contributed by atoms with E-state index < -0.39 is 9.84 Å². The van der Waals surface area contributed by atoms with E-state index in [9.17, 15) is 8.42 Å². The zero-order valence-electron chi connectivity index (χ0n) is 8.04. The van der Waals surface area contributed by atoms with E-state index in [0.717, 1.165) is 38.8 Å². The zero-order chi connectivity index (χ0) is 9.53. The molecule has 76 valence electrons. The van der Waals surface area contributed by atoms with Crippen LogP contribution in [0.1, 0.15) is 25.7 Å². The van der Waals surface area contributed by atoms with Gasteiger partial charge in [-0.15, -0.1) is 0 Å². The quantitative estimate of drug-likeness (QED) is 0.677. The van der Waals surface area contributed by atoms with Crippen molar-refractivity contribution < 1.29 is 8.42 Å². The lowest BCUT2D eigenvalue weighted by atomic mass is 9.63. The van der Waals surface area contributed by atoms with Gasteiger partial charge in [-0.25, -0.2) is 8.42 Å². The molecular formula is C9H17NO2S. The molecule has 0 radical (unpaired) electrons. The van der Waals surface area contributed by atoms with Crippen LogP contribution in [0, 0.1) is 5.41 Å². The topological polar surface area (TPSA) is 46.2 Å².